The lowest BCUT2D eigenvalue weighted by Gasteiger charge is -2.27. The van der Waals surface area contributed by atoms with Gasteiger partial charge in [0.15, 0.2) is 17.3 Å². The maximum Gasteiger partial charge on any atom is 0.259 e. The van der Waals surface area contributed by atoms with Crippen molar-refractivity contribution in [1.29, 1.82) is 0 Å². The summed E-state index contributed by atoms with van der Waals surface area (Å²) in [5.74, 6) is -2.74. The highest BCUT2D eigenvalue weighted by Gasteiger charge is 2.55. The third kappa shape index (κ3) is 3.25. The van der Waals surface area contributed by atoms with Crippen molar-refractivity contribution < 1.29 is 34.1 Å². The molecule has 0 radical (unpaired) electrons. The summed E-state index contributed by atoms with van der Waals surface area (Å²) in [7, 11) is 1.35. The number of hydrogen-bond donors (Lipinski definition) is 3. The molecule has 0 spiro atoms. The molecule has 4 rings (SSSR count). The third-order valence-corrected chi connectivity index (χ3v) is 6.59. The molecule has 0 unspecified atom stereocenters. The molecule has 1 heterocycles. The molecule has 8 heteroatoms. The van der Waals surface area contributed by atoms with Gasteiger partial charge < -0.3 is 25.0 Å². The van der Waals surface area contributed by atoms with Crippen LogP contribution in [0.2, 0.25) is 0 Å². The molecule has 0 bridgehead atoms. The van der Waals surface area contributed by atoms with Crippen LogP contribution in [0.15, 0.2) is 47.4 Å². The number of methoxy groups -OCH3 is 1. The van der Waals surface area contributed by atoms with Crippen molar-refractivity contribution in [2.75, 3.05) is 7.11 Å². The van der Waals surface area contributed by atoms with Gasteiger partial charge in [-0.05, 0) is 44.4 Å². The quantitative estimate of drug-likeness (QED) is 0.581. The van der Waals surface area contributed by atoms with Gasteiger partial charge in [-0.15, -0.1) is 0 Å². The molecule has 34 heavy (non-hydrogen) atoms. The number of hydrogen-bond acceptors (Lipinski definition) is 7. The van der Waals surface area contributed by atoms with Gasteiger partial charge in [-0.3, -0.25) is 14.4 Å². The van der Waals surface area contributed by atoms with Gasteiger partial charge in [0.2, 0.25) is 0 Å². The standard InChI is InChI=1S/C26H25NO7/c1-12-7-6-8-15(13(12)2)11-27-25(32)21-18(33-5)9-17(30)22-23(21)34-19-10-16(29)20(14(3)28)24(31)26(19,22)4/h6-10,29-30H,11H2,1-5H3,(H,27,32)/t26-/m1/s1. The number of ether oxygens (including phenoxy) is 2. The Hall–Kier alpha value is -4.07. The second-order valence-electron chi connectivity index (χ2n) is 8.60. The minimum atomic E-state index is -1.60. The molecule has 2 aliphatic rings. The fraction of sp³-hybridized carbons (Fsp3) is 0.269. The molecule has 0 saturated carbocycles. The number of aromatic hydroxyl groups is 1. The largest absolute Gasteiger partial charge is 0.507 e. The van der Waals surface area contributed by atoms with E-state index in [0.29, 0.717) is 0 Å². The van der Waals surface area contributed by atoms with Crippen LogP contribution >= 0.6 is 0 Å². The van der Waals surface area contributed by atoms with E-state index in [2.05, 4.69) is 5.32 Å². The number of aryl methyl sites for hydroxylation is 1. The third-order valence-electron chi connectivity index (χ3n) is 6.59. The zero-order valence-corrected chi connectivity index (χ0v) is 19.5. The second-order valence-corrected chi connectivity index (χ2v) is 8.60. The summed E-state index contributed by atoms with van der Waals surface area (Å²) in [6, 6.07) is 7.04. The minimum Gasteiger partial charge on any atom is -0.507 e. The van der Waals surface area contributed by atoms with E-state index < -0.39 is 28.6 Å². The van der Waals surface area contributed by atoms with Crippen LogP contribution in [0.5, 0.6) is 17.2 Å². The van der Waals surface area contributed by atoms with Gasteiger partial charge in [0, 0.05) is 18.7 Å². The van der Waals surface area contributed by atoms with Crippen LogP contribution < -0.4 is 14.8 Å². The van der Waals surface area contributed by atoms with Crippen LogP contribution in [0.4, 0.5) is 0 Å². The molecular weight excluding hydrogens is 438 g/mol. The predicted octanol–water partition coefficient (Wildman–Crippen LogP) is 3.47. The fourth-order valence-corrected chi connectivity index (χ4v) is 4.49. The molecule has 1 aliphatic carbocycles. The summed E-state index contributed by atoms with van der Waals surface area (Å²) in [6.45, 7) is 6.83. The highest BCUT2D eigenvalue weighted by molar-refractivity contribution is 6.25. The highest BCUT2D eigenvalue weighted by atomic mass is 16.5. The van der Waals surface area contributed by atoms with E-state index in [1.54, 1.807) is 0 Å². The Balaban J connectivity index is 1.81. The van der Waals surface area contributed by atoms with Crippen molar-refractivity contribution in [3.05, 3.63) is 75.3 Å². The predicted molar refractivity (Wildman–Crippen MR) is 123 cm³/mol. The maximum atomic E-state index is 13.3. The number of rotatable bonds is 5. The number of amides is 1. The summed E-state index contributed by atoms with van der Waals surface area (Å²) >= 11 is 0. The first-order chi connectivity index (χ1) is 16.0. The van der Waals surface area contributed by atoms with Crippen LogP contribution in [0.25, 0.3) is 0 Å². The average molecular weight is 463 g/mol. The number of carbonyl (C=O) groups is 3. The molecule has 0 fully saturated rings. The Morgan fingerprint density at radius 2 is 1.91 bits per heavy atom. The van der Waals surface area contributed by atoms with Crippen molar-refractivity contribution in [3.63, 3.8) is 0 Å². The van der Waals surface area contributed by atoms with Gasteiger partial charge in [-0.2, -0.15) is 0 Å². The number of phenols is 1. The summed E-state index contributed by atoms with van der Waals surface area (Å²) in [5, 5.41) is 23.9. The zero-order chi connectivity index (χ0) is 24.9. The molecule has 1 atom stereocenters. The summed E-state index contributed by atoms with van der Waals surface area (Å²) in [6.07, 6.45) is 1.17. The molecule has 3 N–H and O–H groups in total. The van der Waals surface area contributed by atoms with Crippen molar-refractivity contribution >= 4 is 17.5 Å². The van der Waals surface area contributed by atoms with Gasteiger partial charge in [0.05, 0.1) is 12.7 Å². The van der Waals surface area contributed by atoms with Crippen LogP contribution in [-0.4, -0.2) is 34.8 Å². The molecule has 8 nitrogen and oxygen atoms in total. The zero-order valence-electron chi connectivity index (χ0n) is 19.5. The number of phenolic OH excluding ortho intramolecular Hbond substituents is 1. The molecule has 2 aromatic rings. The number of aliphatic hydroxyl groups excluding tert-OH is 1. The molecule has 0 saturated heterocycles. The van der Waals surface area contributed by atoms with E-state index >= 15 is 0 Å². The van der Waals surface area contributed by atoms with Crippen LogP contribution in [0.1, 0.15) is 46.5 Å². The van der Waals surface area contributed by atoms with E-state index in [-0.39, 0.29) is 46.3 Å². The first-order valence-corrected chi connectivity index (χ1v) is 10.7. The van der Waals surface area contributed by atoms with E-state index in [1.165, 1.54) is 33.1 Å². The van der Waals surface area contributed by atoms with E-state index in [4.69, 9.17) is 9.47 Å². The lowest BCUT2D eigenvalue weighted by molar-refractivity contribution is -0.123. The smallest absolute Gasteiger partial charge is 0.259 e. The van der Waals surface area contributed by atoms with Gasteiger partial charge in [-0.25, -0.2) is 0 Å². The van der Waals surface area contributed by atoms with E-state index in [0.717, 1.165) is 16.7 Å². The number of ketones is 2. The normalized spacial score (nSPS) is 18.6. The van der Waals surface area contributed by atoms with E-state index in [1.807, 2.05) is 32.0 Å². The number of allylic oxidation sites excluding steroid dienone is 3. The van der Waals surface area contributed by atoms with Crippen LogP contribution in [0, 0.1) is 13.8 Å². The summed E-state index contributed by atoms with van der Waals surface area (Å²) in [5.41, 5.74) is 1.12. The Bertz CT molecular complexity index is 1340. The van der Waals surface area contributed by atoms with E-state index in [9.17, 15) is 24.6 Å². The summed E-state index contributed by atoms with van der Waals surface area (Å²) < 4.78 is 11.2. The number of carbonyl (C=O) groups excluding carboxylic acids is 3. The SMILES string of the molecule is COc1cc(O)c2c(c1C(=O)NCc1cccc(C)c1C)OC1=CC(O)=C(C(C)=O)C(=O)[C@]12C. The fourth-order valence-electron chi connectivity index (χ4n) is 4.49. The van der Waals surface area contributed by atoms with Crippen molar-refractivity contribution in [2.24, 2.45) is 0 Å². The van der Waals surface area contributed by atoms with Gasteiger partial charge in [-0.1, -0.05) is 18.2 Å². The number of aliphatic hydroxyl groups is 1. The van der Waals surface area contributed by atoms with Crippen LogP contribution in [0.3, 0.4) is 0 Å². The van der Waals surface area contributed by atoms with Gasteiger partial charge >= 0.3 is 0 Å². The molecule has 0 aromatic heterocycles. The average Bonchev–Trinajstić information content (AvgIpc) is 3.07. The Labute approximate surface area is 196 Å². The number of benzene rings is 2. The Kier molecular flexibility index (Phi) is 5.47. The molecule has 2 aromatic carbocycles. The molecule has 176 valence electrons. The van der Waals surface area contributed by atoms with Gasteiger partial charge in [0.25, 0.3) is 5.91 Å². The number of Topliss-reactive ketones (excluding diaryl/α,β-unsaturated/α-hetero) is 2. The number of fused-ring (bicyclic) bond motifs is 3. The van der Waals surface area contributed by atoms with Gasteiger partial charge in [0.1, 0.15) is 39.6 Å². The van der Waals surface area contributed by atoms with Crippen LogP contribution in [-0.2, 0) is 21.5 Å². The van der Waals surface area contributed by atoms with Crippen molar-refractivity contribution in [2.45, 2.75) is 39.7 Å². The highest BCUT2D eigenvalue weighted by Crippen LogP contribution is 2.56. The first-order valence-electron chi connectivity index (χ1n) is 10.7. The lowest BCUT2D eigenvalue weighted by Crippen LogP contribution is -2.38. The maximum absolute atomic E-state index is 13.3. The minimum absolute atomic E-state index is 0.00197. The monoisotopic (exact) mass is 463 g/mol. The summed E-state index contributed by atoms with van der Waals surface area (Å²) in [4.78, 5) is 38.7. The molecular formula is C26H25NO7. The lowest BCUT2D eigenvalue weighted by atomic mass is 9.71. The molecule has 1 amide bonds. The number of nitrogens with one attached hydrogen (secondary N) is 1. The topological polar surface area (TPSA) is 122 Å². The Morgan fingerprint density at radius 3 is 2.56 bits per heavy atom. The molecule has 1 aliphatic heterocycles. The second kappa shape index (κ2) is 8.06. The van der Waals surface area contributed by atoms with Crippen molar-refractivity contribution in [1.82, 2.24) is 5.32 Å². The van der Waals surface area contributed by atoms with Crippen molar-refractivity contribution in [3.8, 4) is 17.2 Å². The first kappa shape index (κ1) is 23.1. The Morgan fingerprint density at radius 1 is 1.21 bits per heavy atom.